The fourth-order valence-electron chi connectivity index (χ4n) is 2.80. The van der Waals surface area contributed by atoms with Gasteiger partial charge in [-0.2, -0.15) is 0 Å². The zero-order valence-electron chi connectivity index (χ0n) is 15.1. The highest BCUT2D eigenvalue weighted by molar-refractivity contribution is 7.51. The van der Waals surface area contributed by atoms with Crippen molar-refractivity contribution in [1.82, 2.24) is 9.97 Å². The molecule has 0 spiro atoms. The summed E-state index contributed by atoms with van der Waals surface area (Å²) in [6, 6.07) is 19.8. The van der Waals surface area contributed by atoms with Gasteiger partial charge >= 0.3 is 7.60 Å². The molecule has 0 saturated heterocycles. The van der Waals surface area contributed by atoms with Gasteiger partial charge in [-0.05, 0) is 6.42 Å². The number of rotatable bonds is 7. The van der Waals surface area contributed by atoms with Crippen molar-refractivity contribution in [3.05, 3.63) is 66.9 Å². The first-order chi connectivity index (χ1) is 12.9. The molecule has 1 heterocycles. The van der Waals surface area contributed by atoms with Gasteiger partial charge in [0.1, 0.15) is 5.82 Å². The van der Waals surface area contributed by atoms with E-state index in [4.69, 9.17) is 14.8 Å². The normalized spacial score (nSPS) is 11.4. The first-order valence-electron chi connectivity index (χ1n) is 8.67. The van der Waals surface area contributed by atoms with Crippen LogP contribution in [-0.2, 0) is 4.57 Å². The van der Waals surface area contributed by atoms with Crippen LogP contribution >= 0.6 is 7.60 Å². The lowest BCUT2D eigenvalue weighted by molar-refractivity contribution is 0.372. The van der Waals surface area contributed by atoms with Crippen molar-refractivity contribution in [2.24, 2.45) is 0 Å². The second-order valence-electron chi connectivity index (χ2n) is 6.32. The molecule has 140 valence electrons. The van der Waals surface area contributed by atoms with Gasteiger partial charge in [0.15, 0.2) is 0 Å². The number of hydrogen-bond acceptors (Lipinski definition) is 4. The third-order valence-corrected chi connectivity index (χ3v) is 5.09. The summed E-state index contributed by atoms with van der Waals surface area (Å²) >= 11 is 0. The van der Waals surface area contributed by atoms with E-state index in [1.807, 2.05) is 72.6 Å². The lowest BCUT2D eigenvalue weighted by Crippen LogP contribution is -2.21. The molecule has 0 aliphatic heterocycles. The standard InChI is InChI=1S/C20H22N3O3P/c1-23(13-8-14-27(24,25)26)18-15-21-19(16-9-4-2-5-10-16)20(22-18)17-11-6-3-7-12-17/h2-7,9-12,15H,8,13-14H2,1H3,(H2,24,25,26). The van der Waals surface area contributed by atoms with Crippen LogP contribution in [0.25, 0.3) is 22.5 Å². The van der Waals surface area contributed by atoms with E-state index in [9.17, 15) is 4.57 Å². The maximum absolute atomic E-state index is 11.0. The van der Waals surface area contributed by atoms with E-state index in [1.165, 1.54) is 0 Å². The molecular weight excluding hydrogens is 361 g/mol. The number of aromatic nitrogens is 2. The van der Waals surface area contributed by atoms with Crippen LogP contribution in [0.2, 0.25) is 0 Å². The summed E-state index contributed by atoms with van der Waals surface area (Å²) in [5, 5.41) is 0. The maximum Gasteiger partial charge on any atom is 0.325 e. The second kappa shape index (κ2) is 8.44. The van der Waals surface area contributed by atoms with E-state index in [-0.39, 0.29) is 6.16 Å². The first-order valence-corrected chi connectivity index (χ1v) is 10.5. The minimum absolute atomic E-state index is 0.140. The molecule has 3 rings (SSSR count). The molecule has 3 aromatic rings. The van der Waals surface area contributed by atoms with Gasteiger partial charge in [0.25, 0.3) is 0 Å². The lowest BCUT2D eigenvalue weighted by Gasteiger charge is -2.20. The third kappa shape index (κ3) is 5.23. The van der Waals surface area contributed by atoms with E-state index >= 15 is 0 Å². The number of hydrogen-bond donors (Lipinski definition) is 2. The molecule has 1 aromatic heterocycles. The number of benzene rings is 2. The van der Waals surface area contributed by atoms with Crippen LogP contribution in [-0.4, -0.2) is 39.5 Å². The maximum atomic E-state index is 11.0. The Hall–Kier alpha value is -2.53. The van der Waals surface area contributed by atoms with Crippen molar-refractivity contribution >= 4 is 13.4 Å². The van der Waals surface area contributed by atoms with E-state index in [0.29, 0.717) is 18.8 Å². The smallest absolute Gasteiger partial charge is 0.325 e. The Labute approximate surface area is 158 Å². The molecule has 0 fully saturated rings. The molecule has 0 unspecified atom stereocenters. The highest BCUT2D eigenvalue weighted by Crippen LogP contribution is 2.35. The predicted molar refractivity (Wildman–Crippen MR) is 108 cm³/mol. The van der Waals surface area contributed by atoms with Crippen molar-refractivity contribution < 1.29 is 14.4 Å². The van der Waals surface area contributed by atoms with E-state index in [1.54, 1.807) is 6.20 Å². The monoisotopic (exact) mass is 383 g/mol. The summed E-state index contributed by atoms with van der Waals surface area (Å²) in [5.74, 6) is 0.666. The summed E-state index contributed by atoms with van der Waals surface area (Å²) in [4.78, 5) is 29.4. The zero-order chi connectivity index (χ0) is 19.3. The summed E-state index contributed by atoms with van der Waals surface area (Å²) in [6.45, 7) is 0.485. The molecule has 0 aliphatic carbocycles. The van der Waals surface area contributed by atoms with Crippen LogP contribution in [0, 0.1) is 0 Å². The van der Waals surface area contributed by atoms with Crippen LogP contribution in [0.1, 0.15) is 6.42 Å². The first kappa shape index (κ1) is 19.2. The molecule has 7 heteroatoms. The lowest BCUT2D eigenvalue weighted by atomic mass is 10.0. The highest BCUT2D eigenvalue weighted by Gasteiger charge is 2.16. The second-order valence-corrected chi connectivity index (χ2v) is 8.10. The molecule has 0 amide bonds. The SMILES string of the molecule is CN(CCCP(=O)(O)O)c1cnc(-c2ccccc2)c(-c2ccccc2)n1. The summed E-state index contributed by atoms with van der Waals surface area (Å²) in [7, 11) is -2.13. The molecule has 0 atom stereocenters. The molecule has 0 radical (unpaired) electrons. The van der Waals surface area contributed by atoms with Crippen molar-refractivity contribution in [2.45, 2.75) is 6.42 Å². The topological polar surface area (TPSA) is 86.6 Å². The molecule has 2 aromatic carbocycles. The van der Waals surface area contributed by atoms with Gasteiger partial charge in [-0.3, -0.25) is 9.55 Å². The van der Waals surface area contributed by atoms with Gasteiger partial charge in [0.05, 0.1) is 23.7 Å². The van der Waals surface area contributed by atoms with E-state index in [0.717, 1.165) is 22.5 Å². The van der Waals surface area contributed by atoms with Crippen molar-refractivity contribution in [2.75, 3.05) is 24.7 Å². The number of nitrogens with zero attached hydrogens (tertiary/aromatic N) is 3. The fourth-order valence-corrected chi connectivity index (χ4v) is 3.35. The van der Waals surface area contributed by atoms with Crippen LogP contribution in [0.3, 0.4) is 0 Å². The Morgan fingerprint density at radius 1 is 0.926 bits per heavy atom. The van der Waals surface area contributed by atoms with Crippen molar-refractivity contribution in [1.29, 1.82) is 0 Å². The van der Waals surface area contributed by atoms with Crippen molar-refractivity contribution in [3.63, 3.8) is 0 Å². The van der Waals surface area contributed by atoms with Crippen LogP contribution in [0.4, 0.5) is 5.82 Å². The summed E-state index contributed by atoms with van der Waals surface area (Å²) in [6.07, 6.45) is 1.94. The van der Waals surface area contributed by atoms with Gasteiger partial charge in [0.2, 0.25) is 0 Å². The Kier molecular flexibility index (Phi) is 6.01. The van der Waals surface area contributed by atoms with Gasteiger partial charge in [-0.25, -0.2) is 4.98 Å². The third-order valence-electron chi connectivity index (χ3n) is 4.19. The molecule has 27 heavy (non-hydrogen) atoms. The highest BCUT2D eigenvalue weighted by atomic mass is 31.2. The minimum atomic E-state index is -3.98. The van der Waals surface area contributed by atoms with E-state index in [2.05, 4.69) is 4.98 Å². The zero-order valence-corrected chi connectivity index (χ0v) is 16.0. The van der Waals surface area contributed by atoms with Crippen LogP contribution in [0.5, 0.6) is 0 Å². The Balaban J connectivity index is 1.93. The largest absolute Gasteiger partial charge is 0.358 e. The average Bonchev–Trinajstić information content (AvgIpc) is 2.68. The Morgan fingerprint density at radius 2 is 1.48 bits per heavy atom. The predicted octanol–water partition coefficient (Wildman–Crippen LogP) is 3.81. The Bertz CT molecular complexity index is 930. The average molecular weight is 383 g/mol. The number of anilines is 1. The van der Waals surface area contributed by atoms with Gasteiger partial charge < -0.3 is 14.7 Å². The molecule has 6 nitrogen and oxygen atoms in total. The quantitative estimate of drug-likeness (QED) is 0.604. The minimum Gasteiger partial charge on any atom is -0.358 e. The van der Waals surface area contributed by atoms with Crippen LogP contribution in [0.15, 0.2) is 66.9 Å². The molecule has 0 saturated carbocycles. The fraction of sp³-hybridized carbons (Fsp3) is 0.200. The molecule has 2 N–H and O–H groups in total. The van der Waals surface area contributed by atoms with Crippen LogP contribution < -0.4 is 4.90 Å². The summed E-state index contributed by atoms with van der Waals surface area (Å²) in [5.41, 5.74) is 3.53. The van der Waals surface area contributed by atoms with Crippen molar-refractivity contribution in [3.8, 4) is 22.5 Å². The molecule has 0 bridgehead atoms. The molecular formula is C20H22N3O3P. The van der Waals surface area contributed by atoms with Gasteiger partial charge in [0, 0.05) is 24.7 Å². The molecule has 0 aliphatic rings. The van der Waals surface area contributed by atoms with E-state index < -0.39 is 7.60 Å². The van der Waals surface area contributed by atoms with Gasteiger partial charge in [-0.15, -0.1) is 0 Å². The Morgan fingerprint density at radius 3 is 2.04 bits per heavy atom. The summed E-state index contributed by atoms with van der Waals surface area (Å²) < 4.78 is 11.0. The van der Waals surface area contributed by atoms with Gasteiger partial charge in [-0.1, -0.05) is 60.7 Å².